The van der Waals surface area contributed by atoms with E-state index in [0.717, 1.165) is 56.2 Å². The summed E-state index contributed by atoms with van der Waals surface area (Å²) in [7, 11) is 1.71. The van der Waals surface area contributed by atoms with E-state index in [1.165, 1.54) is 16.7 Å². The van der Waals surface area contributed by atoms with Crippen LogP contribution in [-0.2, 0) is 12.8 Å². The molecule has 0 amide bonds. The van der Waals surface area contributed by atoms with E-state index >= 15 is 0 Å². The molecule has 0 radical (unpaired) electrons. The lowest BCUT2D eigenvalue weighted by Gasteiger charge is -2.28. The van der Waals surface area contributed by atoms with Gasteiger partial charge in [0.05, 0.1) is 18.8 Å². The van der Waals surface area contributed by atoms with Crippen molar-refractivity contribution < 1.29 is 9.47 Å². The standard InChI is InChI=1S/C23H33N3O2/c1-5-17-8-9-20(25-16-17)23-19-15-22(28-13-12-26(6-2)7-3)21(27-4)14-18(19)10-11-24-23/h8-9,14-16,23-24H,5-7,10-13H2,1-4H3. The number of hydrogen-bond donors (Lipinski definition) is 1. The maximum absolute atomic E-state index is 6.13. The predicted molar refractivity (Wildman–Crippen MR) is 113 cm³/mol. The summed E-state index contributed by atoms with van der Waals surface area (Å²) in [5.74, 6) is 1.63. The largest absolute Gasteiger partial charge is 0.493 e. The van der Waals surface area contributed by atoms with Crippen molar-refractivity contribution in [1.29, 1.82) is 0 Å². The zero-order valence-corrected chi connectivity index (χ0v) is 17.6. The number of ether oxygens (including phenoxy) is 2. The Balaban J connectivity index is 1.84. The van der Waals surface area contributed by atoms with Gasteiger partial charge < -0.3 is 19.7 Å². The van der Waals surface area contributed by atoms with Crippen LogP contribution in [0.15, 0.2) is 30.5 Å². The first-order valence-corrected chi connectivity index (χ1v) is 10.4. The van der Waals surface area contributed by atoms with Gasteiger partial charge >= 0.3 is 0 Å². The molecule has 1 unspecified atom stereocenters. The Kier molecular flexibility index (Phi) is 7.29. The molecule has 5 nitrogen and oxygen atoms in total. The van der Waals surface area contributed by atoms with Gasteiger partial charge in [0, 0.05) is 19.3 Å². The number of pyridine rings is 1. The molecule has 28 heavy (non-hydrogen) atoms. The molecule has 3 rings (SSSR count). The zero-order chi connectivity index (χ0) is 19.9. The van der Waals surface area contributed by atoms with Crippen molar-refractivity contribution in [1.82, 2.24) is 15.2 Å². The molecule has 0 spiro atoms. The molecule has 1 N–H and O–H groups in total. The number of aromatic nitrogens is 1. The normalized spacial score (nSPS) is 16.1. The monoisotopic (exact) mass is 383 g/mol. The van der Waals surface area contributed by atoms with Crippen LogP contribution in [0, 0.1) is 0 Å². The Hall–Kier alpha value is -2.11. The smallest absolute Gasteiger partial charge is 0.161 e. The van der Waals surface area contributed by atoms with Gasteiger partial charge in [0.2, 0.25) is 0 Å². The SMILES string of the molecule is CCc1ccc(C2NCCc3cc(OC)c(OCCN(CC)CC)cc32)nc1. The van der Waals surface area contributed by atoms with Gasteiger partial charge in [0.15, 0.2) is 11.5 Å². The molecule has 1 atom stereocenters. The van der Waals surface area contributed by atoms with Gasteiger partial charge in [-0.05, 0) is 60.8 Å². The summed E-state index contributed by atoms with van der Waals surface area (Å²) in [5, 5.41) is 3.62. The lowest BCUT2D eigenvalue weighted by Crippen LogP contribution is -2.31. The van der Waals surface area contributed by atoms with Crippen LogP contribution in [-0.4, -0.2) is 49.8 Å². The Morgan fingerprint density at radius 3 is 2.61 bits per heavy atom. The van der Waals surface area contributed by atoms with Crippen LogP contribution in [0.4, 0.5) is 0 Å². The van der Waals surface area contributed by atoms with E-state index in [9.17, 15) is 0 Å². The summed E-state index contributed by atoms with van der Waals surface area (Å²) in [4.78, 5) is 7.07. The van der Waals surface area contributed by atoms with Gasteiger partial charge in [0.25, 0.3) is 0 Å². The Labute approximate surface area is 169 Å². The molecule has 0 aliphatic carbocycles. The van der Waals surface area contributed by atoms with E-state index in [0.29, 0.717) is 6.61 Å². The number of hydrogen-bond acceptors (Lipinski definition) is 5. The van der Waals surface area contributed by atoms with Gasteiger partial charge in [-0.1, -0.05) is 26.8 Å². The maximum atomic E-state index is 6.13. The number of methoxy groups -OCH3 is 1. The molecule has 0 bridgehead atoms. The van der Waals surface area contributed by atoms with Crippen LogP contribution in [0.25, 0.3) is 0 Å². The van der Waals surface area contributed by atoms with Crippen molar-refractivity contribution in [2.75, 3.05) is 39.9 Å². The quantitative estimate of drug-likeness (QED) is 0.717. The average molecular weight is 384 g/mol. The molecule has 0 saturated heterocycles. The minimum absolute atomic E-state index is 0.0886. The number of likely N-dealkylation sites (N-methyl/N-ethyl adjacent to an activating group) is 1. The highest BCUT2D eigenvalue weighted by molar-refractivity contribution is 5.51. The minimum atomic E-state index is 0.0886. The van der Waals surface area contributed by atoms with Crippen LogP contribution < -0.4 is 14.8 Å². The third-order valence-corrected chi connectivity index (χ3v) is 5.59. The van der Waals surface area contributed by atoms with Gasteiger partial charge in [-0.15, -0.1) is 0 Å². The fraction of sp³-hybridized carbons (Fsp3) is 0.522. The molecule has 1 aliphatic heterocycles. The highest BCUT2D eigenvalue weighted by atomic mass is 16.5. The van der Waals surface area contributed by atoms with Crippen molar-refractivity contribution in [3.05, 3.63) is 52.8 Å². The van der Waals surface area contributed by atoms with Crippen molar-refractivity contribution in [3.8, 4) is 11.5 Å². The molecular weight excluding hydrogens is 350 g/mol. The molecule has 0 saturated carbocycles. The number of rotatable bonds is 9. The second-order valence-corrected chi connectivity index (χ2v) is 7.16. The first kappa shape index (κ1) is 20.6. The van der Waals surface area contributed by atoms with Gasteiger partial charge in [0.1, 0.15) is 6.61 Å². The predicted octanol–water partition coefficient (Wildman–Crippen LogP) is 3.61. The minimum Gasteiger partial charge on any atom is -0.493 e. The van der Waals surface area contributed by atoms with E-state index in [2.05, 4.69) is 55.3 Å². The lowest BCUT2D eigenvalue weighted by atomic mass is 9.91. The Morgan fingerprint density at radius 1 is 1.14 bits per heavy atom. The molecule has 1 aromatic heterocycles. The number of nitrogens with one attached hydrogen (secondary N) is 1. The average Bonchev–Trinajstić information content (AvgIpc) is 2.75. The van der Waals surface area contributed by atoms with Gasteiger partial charge in [-0.25, -0.2) is 0 Å². The highest BCUT2D eigenvalue weighted by Gasteiger charge is 2.25. The van der Waals surface area contributed by atoms with E-state index in [-0.39, 0.29) is 6.04 Å². The first-order valence-electron chi connectivity index (χ1n) is 10.4. The Bertz CT molecular complexity index is 757. The highest BCUT2D eigenvalue weighted by Crippen LogP contribution is 2.37. The number of benzene rings is 1. The third kappa shape index (κ3) is 4.65. The van der Waals surface area contributed by atoms with Crippen molar-refractivity contribution in [2.24, 2.45) is 0 Å². The van der Waals surface area contributed by atoms with Gasteiger partial charge in [-0.3, -0.25) is 4.98 Å². The summed E-state index contributed by atoms with van der Waals surface area (Å²) >= 11 is 0. The molecule has 5 heteroatoms. The molecular formula is C23H33N3O2. The van der Waals surface area contributed by atoms with E-state index < -0.39 is 0 Å². The summed E-state index contributed by atoms with van der Waals surface area (Å²) in [6, 6.07) is 8.67. The molecule has 1 aliphatic rings. The summed E-state index contributed by atoms with van der Waals surface area (Å²) in [5.41, 5.74) is 4.85. The summed E-state index contributed by atoms with van der Waals surface area (Å²) in [6.07, 6.45) is 3.97. The van der Waals surface area contributed by atoms with Crippen LogP contribution in [0.2, 0.25) is 0 Å². The number of nitrogens with zero attached hydrogens (tertiary/aromatic N) is 2. The summed E-state index contributed by atoms with van der Waals surface area (Å²) in [6.45, 7) is 11.1. The van der Waals surface area contributed by atoms with Crippen molar-refractivity contribution in [3.63, 3.8) is 0 Å². The van der Waals surface area contributed by atoms with E-state index in [4.69, 9.17) is 14.5 Å². The number of fused-ring (bicyclic) bond motifs is 1. The molecule has 2 heterocycles. The summed E-state index contributed by atoms with van der Waals surface area (Å²) < 4.78 is 11.8. The van der Waals surface area contributed by atoms with Crippen LogP contribution in [0.5, 0.6) is 11.5 Å². The molecule has 1 aromatic carbocycles. The van der Waals surface area contributed by atoms with Crippen LogP contribution in [0.1, 0.15) is 49.2 Å². The molecule has 0 fully saturated rings. The first-order chi connectivity index (χ1) is 13.7. The van der Waals surface area contributed by atoms with Crippen molar-refractivity contribution in [2.45, 2.75) is 39.7 Å². The second-order valence-electron chi connectivity index (χ2n) is 7.16. The fourth-order valence-electron chi connectivity index (χ4n) is 3.74. The van der Waals surface area contributed by atoms with E-state index in [1.54, 1.807) is 7.11 Å². The number of aryl methyl sites for hydroxylation is 1. The topological polar surface area (TPSA) is 46.6 Å². The van der Waals surface area contributed by atoms with Crippen molar-refractivity contribution >= 4 is 0 Å². The second kappa shape index (κ2) is 9.89. The van der Waals surface area contributed by atoms with Crippen LogP contribution >= 0.6 is 0 Å². The van der Waals surface area contributed by atoms with Gasteiger partial charge in [-0.2, -0.15) is 0 Å². The van der Waals surface area contributed by atoms with Crippen LogP contribution in [0.3, 0.4) is 0 Å². The fourth-order valence-corrected chi connectivity index (χ4v) is 3.74. The third-order valence-electron chi connectivity index (χ3n) is 5.59. The zero-order valence-electron chi connectivity index (χ0n) is 17.6. The molecule has 152 valence electrons. The van der Waals surface area contributed by atoms with E-state index in [1.807, 2.05) is 6.20 Å². The lowest BCUT2D eigenvalue weighted by molar-refractivity contribution is 0.217. The Morgan fingerprint density at radius 2 is 1.96 bits per heavy atom. The molecule has 2 aromatic rings. The maximum Gasteiger partial charge on any atom is 0.161 e.